The van der Waals surface area contributed by atoms with Gasteiger partial charge in [0, 0.05) is 0 Å². The molecule has 0 aliphatic carbocycles. The Morgan fingerprint density at radius 1 is 1.16 bits per heavy atom. The molecule has 3 nitrogen and oxygen atoms in total. The summed E-state index contributed by atoms with van der Waals surface area (Å²) in [6.07, 6.45) is -4.72. The summed E-state index contributed by atoms with van der Waals surface area (Å²) in [6.45, 7) is 7.65. The van der Waals surface area contributed by atoms with Gasteiger partial charge in [0.05, 0.1) is 4.90 Å². The van der Waals surface area contributed by atoms with Crippen LogP contribution in [0.4, 0.5) is 13.2 Å². The maximum atomic E-state index is 12.4. The normalized spacial score (nSPS) is 14.5. The van der Waals surface area contributed by atoms with E-state index in [-0.39, 0.29) is 4.90 Å². The fourth-order valence-electron chi connectivity index (χ4n) is 1.90. The lowest BCUT2D eigenvalue weighted by Crippen LogP contribution is -2.43. The molecular formula is C12H15F3NO2S. The zero-order chi connectivity index (χ0) is 15.0. The molecule has 1 aromatic carbocycles. The van der Waals surface area contributed by atoms with Gasteiger partial charge in [0.25, 0.3) is 0 Å². The van der Waals surface area contributed by atoms with Crippen LogP contribution in [0.2, 0.25) is 0 Å². The molecule has 1 rings (SSSR count). The first-order valence-electron chi connectivity index (χ1n) is 5.45. The van der Waals surface area contributed by atoms with E-state index >= 15 is 0 Å². The second-order valence-electron chi connectivity index (χ2n) is 4.44. The van der Waals surface area contributed by atoms with E-state index in [9.17, 15) is 21.6 Å². The van der Waals surface area contributed by atoms with Crippen molar-refractivity contribution in [3.8, 4) is 0 Å². The lowest BCUT2D eigenvalue weighted by molar-refractivity contribution is -0.141. The average Bonchev–Trinajstić information content (AvgIpc) is 2.11. The van der Waals surface area contributed by atoms with E-state index < -0.39 is 22.2 Å². The number of halogens is 3. The zero-order valence-corrected chi connectivity index (χ0v) is 11.6. The monoisotopic (exact) mass is 294 g/mol. The molecule has 0 saturated carbocycles. The molecule has 1 N–H and O–H groups in total. The van der Waals surface area contributed by atoms with Crippen molar-refractivity contribution in [3.63, 3.8) is 0 Å². The first kappa shape index (κ1) is 16.0. The highest BCUT2D eigenvalue weighted by Gasteiger charge is 2.39. The van der Waals surface area contributed by atoms with Crippen molar-refractivity contribution < 1.29 is 21.6 Å². The first-order valence-corrected chi connectivity index (χ1v) is 6.93. The number of rotatable bonds is 3. The molecule has 0 spiro atoms. The Balaban J connectivity index is 3.23. The minimum Gasteiger partial charge on any atom is -0.207 e. The Bertz CT molecular complexity index is 556. The van der Waals surface area contributed by atoms with Crippen molar-refractivity contribution in [2.24, 2.45) is 0 Å². The van der Waals surface area contributed by atoms with Gasteiger partial charge in [-0.15, -0.1) is 0 Å². The molecule has 107 valence electrons. The van der Waals surface area contributed by atoms with E-state index in [1.807, 2.05) is 0 Å². The highest BCUT2D eigenvalue weighted by atomic mass is 32.2. The largest absolute Gasteiger partial charge is 0.404 e. The van der Waals surface area contributed by atoms with Crippen molar-refractivity contribution in [1.29, 1.82) is 0 Å². The number of hydrogen-bond acceptors (Lipinski definition) is 2. The highest BCUT2D eigenvalue weighted by molar-refractivity contribution is 7.89. The van der Waals surface area contributed by atoms with Gasteiger partial charge in [-0.1, -0.05) is 17.7 Å². The Morgan fingerprint density at radius 2 is 1.58 bits per heavy atom. The summed E-state index contributed by atoms with van der Waals surface area (Å²) in [6, 6.07) is 0.832. The van der Waals surface area contributed by atoms with Crippen molar-refractivity contribution >= 4 is 10.0 Å². The van der Waals surface area contributed by atoms with Gasteiger partial charge in [0.1, 0.15) is 6.04 Å². The molecule has 1 aromatic rings. The summed E-state index contributed by atoms with van der Waals surface area (Å²) in [4.78, 5) is -0.129. The molecule has 0 aliphatic heterocycles. The van der Waals surface area contributed by atoms with Gasteiger partial charge in [-0.2, -0.15) is 17.9 Å². The van der Waals surface area contributed by atoms with E-state index in [0.29, 0.717) is 11.1 Å². The molecule has 19 heavy (non-hydrogen) atoms. The molecule has 0 heterocycles. The Kier molecular flexibility index (Phi) is 4.31. The summed E-state index contributed by atoms with van der Waals surface area (Å²) in [5.41, 5.74) is 1.65. The van der Waals surface area contributed by atoms with Crippen LogP contribution in [0.1, 0.15) is 16.7 Å². The maximum absolute atomic E-state index is 12.4. The summed E-state index contributed by atoms with van der Waals surface area (Å²) >= 11 is 0. The van der Waals surface area contributed by atoms with Gasteiger partial charge < -0.3 is 0 Å². The molecule has 0 fully saturated rings. The third-order valence-electron chi connectivity index (χ3n) is 2.57. The van der Waals surface area contributed by atoms with Gasteiger partial charge in [-0.25, -0.2) is 8.42 Å². The Morgan fingerprint density at radius 3 is 1.95 bits per heavy atom. The molecule has 1 radical (unpaired) electrons. The van der Waals surface area contributed by atoms with Gasteiger partial charge in [0.15, 0.2) is 0 Å². The van der Waals surface area contributed by atoms with Gasteiger partial charge in [-0.05, 0) is 38.8 Å². The summed E-state index contributed by atoms with van der Waals surface area (Å²) in [7, 11) is -4.25. The molecule has 0 saturated heterocycles. The fraction of sp³-hybridized carbons (Fsp3) is 0.417. The van der Waals surface area contributed by atoms with Crippen LogP contribution in [0.15, 0.2) is 17.0 Å². The van der Waals surface area contributed by atoms with Gasteiger partial charge in [0.2, 0.25) is 10.0 Å². The van der Waals surface area contributed by atoms with Crippen LogP contribution in [0.3, 0.4) is 0 Å². The second kappa shape index (κ2) is 5.13. The Labute approximate surface area is 110 Å². The predicted molar refractivity (Wildman–Crippen MR) is 66.2 cm³/mol. The van der Waals surface area contributed by atoms with Crippen LogP contribution in [0, 0.1) is 27.7 Å². The SMILES string of the molecule is [CH2]C(NS(=O)(=O)c1c(C)cc(C)cc1C)C(F)(F)F. The van der Waals surface area contributed by atoms with Crippen LogP contribution in [-0.4, -0.2) is 20.6 Å². The Hall–Kier alpha value is -1.08. The van der Waals surface area contributed by atoms with Crippen LogP contribution < -0.4 is 4.72 Å². The third-order valence-corrected chi connectivity index (χ3v) is 4.34. The van der Waals surface area contributed by atoms with E-state index in [4.69, 9.17) is 0 Å². The number of hydrogen-bond donors (Lipinski definition) is 1. The lowest BCUT2D eigenvalue weighted by Gasteiger charge is -2.19. The molecule has 0 amide bonds. The van der Waals surface area contributed by atoms with E-state index in [1.54, 1.807) is 37.6 Å². The minimum absolute atomic E-state index is 0.129. The van der Waals surface area contributed by atoms with Crippen molar-refractivity contribution in [2.45, 2.75) is 37.9 Å². The van der Waals surface area contributed by atoms with Crippen LogP contribution in [-0.2, 0) is 10.0 Å². The molecular weight excluding hydrogens is 279 g/mol. The molecule has 1 unspecified atom stereocenters. The van der Waals surface area contributed by atoms with Crippen LogP contribution in [0.5, 0.6) is 0 Å². The van der Waals surface area contributed by atoms with Crippen molar-refractivity contribution in [3.05, 3.63) is 35.7 Å². The number of alkyl halides is 3. The predicted octanol–water partition coefficient (Wildman–Crippen LogP) is 2.66. The molecule has 1 atom stereocenters. The number of sulfonamides is 1. The minimum atomic E-state index is -4.72. The van der Waals surface area contributed by atoms with Crippen LogP contribution >= 0.6 is 0 Å². The highest BCUT2D eigenvalue weighted by Crippen LogP contribution is 2.25. The smallest absolute Gasteiger partial charge is 0.207 e. The van der Waals surface area contributed by atoms with Crippen molar-refractivity contribution in [1.82, 2.24) is 4.72 Å². The topological polar surface area (TPSA) is 46.2 Å². The molecule has 0 aromatic heterocycles. The average molecular weight is 294 g/mol. The molecule has 7 heteroatoms. The molecule has 0 aliphatic rings. The standard InChI is InChI=1S/C12H15F3NO2S/c1-7-5-8(2)11(9(3)6-7)19(17,18)16-10(4)12(13,14)15/h5-6,10,16H,4H2,1-3H3. The quantitative estimate of drug-likeness (QED) is 0.931. The number of benzene rings is 1. The summed E-state index contributed by atoms with van der Waals surface area (Å²) in [5, 5.41) is 0. The first-order chi connectivity index (χ1) is 8.45. The fourth-order valence-corrected chi connectivity index (χ4v) is 3.50. The van der Waals surface area contributed by atoms with Gasteiger partial charge >= 0.3 is 6.18 Å². The third kappa shape index (κ3) is 3.70. The van der Waals surface area contributed by atoms with Crippen LogP contribution in [0.25, 0.3) is 0 Å². The summed E-state index contributed by atoms with van der Waals surface area (Å²) in [5.74, 6) is 0. The van der Waals surface area contributed by atoms with E-state index in [0.717, 1.165) is 5.56 Å². The number of nitrogens with one attached hydrogen (secondary N) is 1. The van der Waals surface area contributed by atoms with E-state index in [1.165, 1.54) is 0 Å². The van der Waals surface area contributed by atoms with E-state index in [2.05, 4.69) is 6.92 Å². The lowest BCUT2D eigenvalue weighted by atomic mass is 10.1. The summed E-state index contributed by atoms with van der Waals surface area (Å²) < 4.78 is 62.6. The molecule has 0 bridgehead atoms. The van der Waals surface area contributed by atoms with Crippen molar-refractivity contribution in [2.75, 3.05) is 0 Å². The van der Waals surface area contributed by atoms with Gasteiger partial charge in [-0.3, -0.25) is 0 Å². The zero-order valence-electron chi connectivity index (χ0n) is 10.8. The second-order valence-corrected chi connectivity index (χ2v) is 6.09. The number of aryl methyl sites for hydroxylation is 3. The maximum Gasteiger partial charge on any atom is 0.404 e.